The SMILES string of the molecule is CCC(OC1OC(C)C(O)C(OC2CCC(O)C(O)C2O)C1O)/C(O)=C(\OC1OC(C)C(OC2OCC(O)C(OC(O)/C(O)=C(/O)C(O)CCO)C2O)C(O)C1O)C(O)OC(=O)[C@]12CCC(C)(C)CC1C1=CCC3[C@@]4(C)CC[C@H](OC(O)C(OC5OC(CO)C(O)C(O)C5O)C(OC(O)C(O)C(O)C(C)O)C(O)CC(=O)O)[C@@](C)(CO)C4CC[C@@]3(C)[C@]1(C)C[C@H]2O. The number of aliphatic hydroxyl groups is 28. The van der Waals surface area contributed by atoms with Crippen LogP contribution >= 0.6 is 0 Å². The zero-order valence-corrected chi connectivity index (χ0v) is 72.0. The van der Waals surface area contributed by atoms with Crippen LogP contribution in [0.15, 0.2) is 34.7 Å². The highest BCUT2D eigenvalue weighted by Gasteiger charge is 2.73. The number of carbonyl (C=O) groups is 2. The van der Waals surface area contributed by atoms with E-state index in [4.69, 9.17) is 61.6 Å². The van der Waals surface area contributed by atoms with E-state index in [9.17, 15) is 153 Å². The van der Waals surface area contributed by atoms with Gasteiger partial charge in [-0.3, -0.25) is 9.59 Å². The Morgan fingerprint density at radius 1 is 0.563 bits per heavy atom. The Labute approximate surface area is 726 Å². The lowest BCUT2D eigenvalue weighted by molar-refractivity contribution is -0.359. The highest BCUT2D eigenvalue weighted by Crippen LogP contribution is 2.76. The molecule has 0 radical (unpaired) electrons. The monoisotopic (exact) mass is 1820 g/mol. The van der Waals surface area contributed by atoms with E-state index in [0.717, 1.165) is 12.5 Å². The number of fused-ring (bicyclic) bond motifs is 7. The highest BCUT2D eigenvalue weighted by atomic mass is 16.8. The number of carbonyl (C=O) groups excluding carboxylic acids is 1. The van der Waals surface area contributed by atoms with E-state index in [-0.39, 0.29) is 63.7 Å². The molecule has 0 aromatic heterocycles. The minimum Gasteiger partial charge on any atom is -0.506 e. The number of ether oxygens (including phenoxy) is 13. The summed E-state index contributed by atoms with van der Waals surface area (Å²) in [6.45, 7) is 13.9. The Kier molecular flexibility index (Phi) is 34.2. The van der Waals surface area contributed by atoms with Gasteiger partial charge in [0.25, 0.3) is 6.29 Å². The molecule has 0 spiro atoms. The van der Waals surface area contributed by atoms with Crippen LogP contribution in [0.5, 0.6) is 0 Å². The van der Waals surface area contributed by atoms with E-state index >= 15 is 4.79 Å². The van der Waals surface area contributed by atoms with E-state index < -0.39 is 346 Å². The molecule has 0 bridgehead atoms. The molecule has 4 heterocycles. The fraction of sp³-hybridized carbons (Fsp3) is 0.902. The van der Waals surface area contributed by atoms with Gasteiger partial charge in [0.1, 0.15) is 134 Å². The standard InChI is InChI=1S/C82H136O44/c1-11-39(118-75-61(108)65(48(95)31(3)115-75)117-40-14-13-35(87)49(96)51(40)98)53(100)66(124-73-59(106)55(102)62(32(4)116-73)123-72-60(107)63(38(90)28-114-72)121-69(110)57(104)50(97)36(88)18-23-83)70(111)126-76(113)82-22-21-77(5,6)25-34(82)33-12-15-43-78(7)19-17-45(79(8,29-85)42(78)16-20-80(43,9)81(33,10)26-44(82)91)120-71(112)67(125-74-58(105)54(101)52(99)41(27-84)119-74)64(37(89)24-46(92)93)122-68(109)56(103)47(94)30(2)86/h12,30-32,34-45,47-49,51-52,54-56,58-65,67-75,83-91,94-112H,11,13-29H2,1-10H3,(H,92,93)/b57-50-,66-53+/t30?,31?,32?,34?,35?,36?,37?,38?,39?,40?,41?,42?,43?,44-,45+,47?,48?,49?,51?,52?,54?,55?,56?,58?,59?,60?,61?,62?,63?,64?,65?,67?,68?,69?,70?,71?,72?,73?,74?,75?,78+,79+,80-,81-,82-/m1/s1. The van der Waals surface area contributed by atoms with E-state index in [1.807, 2.05) is 26.8 Å². The average molecular weight is 1830 g/mol. The number of hydrogen-bond acceptors (Lipinski definition) is 43. The zero-order chi connectivity index (χ0) is 93.8. The number of aliphatic carboxylic acids is 1. The van der Waals surface area contributed by atoms with Crippen LogP contribution in [-0.4, -0.2) is 414 Å². The molecule has 6 aliphatic carbocycles. The summed E-state index contributed by atoms with van der Waals surface area (Å²) in [5.41, 5.74) is -5.66. The summed E-state index contributed by atoms with van der Waals surface area (Å²) in [6, 6.07) is 0. The molecule has 38 unspecified atom stereocenters. The summed E-state index contributed by atoms with van der Waals surface area (Å²) in [5.74, 6) is -9.52. The van der Waals surface area contributed by atoms with Gasteiger partial charge in [0.05, 0.1) is 75.1 Å². The molecule has 5 saturated carbocycles. The van der Waals surface area contributed by atoms with Crippen LogP contribution in [-0.2, 0) is 71.2 Å². The van der Waals surface area contributed by atoms with Gasteiger partial charge in [0.2, 0.25) is 18.3 Å². The molecule has 0 aromatic carbocycles. The lowest BCUT2D eigenvalue weighted by Crippen LogP contribution is -2.68. The number of carboxylic acids is 1. The number of aliphatic hydroxyl groups excluding tert-OH is 28. The lowest BCUT2D eigenvalue weighted by Gasteiger charge is -2.72. The maximum Gasteiger partial charge on any atom is 0.318 e. The fourth-order valence-corrected chi connectivity index (χ4v) is 21.5. The summed E-state index contributed by atoms with van der Waals surface area (Å²) in [5, 5.41) is 322. The first-order valence-corrected chi connectivity index (χ1v) is 43.1. The molecule has 44 heteroatoms. The van der Waals surface area contributed by atoms with Crippen LogP contribution in [0.25, 0.3) is 0 Å². The van der Waals surface area contributed by atoms with Gasteiger partial charge in [-0.25, -0.2) is 0 Å². The largest absolute Gasteiger partial charge is 0.506 e. The maximum atomic E-state index is 16.1. The second kappa shape index (κ2) is 41.4. The summed E-state index contributed by atoms with van der Waals surface area (Å²) in [6.07, 6.45) is -71.2. The van der Waals surface area contributed by atoms with Crippen molar-refractivity contribution in [1.82, 2.24) is 0 Å². The van der Waals surface area contributed by atoms with Crippen molar-refractivity contribution in [1.29, 1.82) is 0 Å². The zero-order valence-electron chi connectivity index (χ0n) is 72.0. The van der Waals surface area contributed by atoms with Gasteiger partial charge in [-0.05, 0) is 137 Å². The van der Waals surface area contributed by atoms with Gasteiger partial charge in [0, 0.05) is 18.4 Å². The van der Waals surface area contributed by atoms with Crippen molar-refractivity contribution < 1.29 is 219 Å². The van der Waals surface area contributed by atoms with E-state index in [2.05, 4.69) is 13.8 Å². The van der Waals surface area contributed by atoms with E-state index in [1.165, 1.54) is 20.8 Å². The topological polar surface area (TPSA) is 741 Å². The molecule has 44 nitrogen and oxygen atoms in total. The minimum absolute atomic E-state index is 0.0122. The molecule has 4 saturated heterocycles. The predicted molar refractivity (Wildman–Crippen MR) is 418 cm³/mol. The third-order valence-corrected chi connectivity index (χ3v) is 29.3. The summed E-state index contributed by atoms with van der Waals surface area (Å²) < 4.78 is 76.9. The third kappa shape index (κ3) is 20.3. The van der Waals surface area contributed by atoms with Gasteiger partial charge in [-0.15, -0.1) is 0 Å². The number of hydrogen-bond donors (Lipinski definition) is 29. The van der Waals surface area contributed by atoms with Crippen molar-refractivity contribution in [2.24, 2.45) is 50.2 Å². The predicted octanol–water partition coefficient (Wildman–Crippen LogP) is -6.49. The molecule has 10 aliphatic rings. The normalized spacial score (nSPS) is 44.7. The van der Waals surface area contributed by atoms with E-state index in [0.29, 0.717) is 19.3 Å². The van der Waals surface area contributed by atoms with Gasteiger partial charge in [0.15, 0.2) is 48.7 Å². The Hall–Kier alpha value is -4.08. The molecule has 728 valence electrons. The molecule has 45 atom stereocenters. The van der Waals surface area contributed by atoms with E-state index in [1.54, 1.807) is 6.92 Å². The third-order valence-electron chi connectivity index (χ3n) is 29.3. The molecule has 29 N–H and O–H groups in total. The maximum absolute atomic E-state index is 16.1. The summed E-state index contributed by atoms with van der Waals surface area (Å²) in [4.78, 5) is 28.3. The smallest absolute Gasteiger partial charge is 0.318 e. The van der Waals surface area contributed by atoms with Crippen LogP contribution in [0.2, 0.25) is 0 Å². The fourth-order valence-electron chi connectivity index (χ4n) is 21.5. The Bertz CT molecular complexity index is 3670. The van der Waals surface area contributed by atoms with Crippen LogP contribution < -0.4 is 0 Å². The molecule has 0 amide bonds. The quantitative estimate of drug-likeness (QED) is 0.0121. The lowest BCUT2D eigenvalue weighted by atomic mass is 9.33. The first-order chi connectivity index (χ1) is 58.8. The molecular formula is C82H136O44. The van der Waals surface area contributed by atoms with Gasteiger partial charge in [-0.1, -0.05) is 60.1 Å². The molecule has 4 aliphatic heterocycles. The second-order valence-electron chi connectivity index (χ2n) is 37.8. The van der Waals surface area contributed by atoms with Crippen LogP contribution in [0.3, 0.4) is 0 Å². The van der Waals surface area contributed by atoms with Gasteiger partial charge >= 0.3 is 11.9 Å². The Morgan fingerprint density at radius 2 is 1.21 bits per heavy atom. The number of allylic oxidation sites excluding steroid dienone is 2. The Balaban J connectivity index is 0.947. The molecular weight excluding hydrogens is 1690 g/mol. The van der Waals surface area contributed by atoms with Crippen molar-refractivity contribution in [3.63, 3.8) is 0 Å². The summed E-state index contributed by atoms with van der Waals surface area (Å²) >= 11 is 0. The minimum atomic E-state index is -2.79. The molecule has 10 rings (SSSR count). The van der Waals surface area contributed by atoms with Crippen molar-refractivity contribution in [2.75, 3.05) is 26.4 Å². The first kappa shape index (κ1) is 104. The van der Waals surface area contributed by atoms with Crippen molar-refractivity contribution in [3.05, 3.63) is 34.7 Å². The second-order valence-corrected chi connectivity index (χ2v) is 37.8. The van der Waals surface area contributed by atoms with Gasteiger partial charge < -0.3 is 210 Å². The van der Waals surface area contributed by atoms with Crippen LogP contribution in [0.1, 0.15) is 159 Å². The van der Waals surface area contributed by atoms with Crippen molar-refractivity contribution in [2.45, 2.75) is 386 Å². The average Bonchev–Trinajstić information content (AvgIpc) is 0.669. The number of rotatable bonds is 35. The van der Waals surface area contributed by atoms with Crippen molar-refractivity contribution >= 4 is 11.9 Å². The van der Waals surface area contributed by atoms with Gasteiger partial charge in [-0.2, -0.15) is 0 Å². The summed E-state index contributed by atoms with van der Waals surface area (Å²) in [7, 11) is 0. The molecule has 126 heavy (non-hydrogen) atoms. The number of carboxylic acid groups (broad SMARTS) is 1. The molecule has 0 aromatic rings. The van der Waals surface area contributed by atoms with Crippen molar-refractivity contribution in [3.8, 4) is 0 Å². The molecule has 9 fully saturated rings. The highest BCUT2D eigenvalue weighted by molar-refractivity contribution is 5.80. The number of esters is 1. The Morgan fingerprint density at radius 3 is 1.83 bits per heavy atom. The van der Waals surface area contributed by atoms with Crippen LogP contribution in [0.4, 0.5) is 0 Å². The first-order valence-electron chi connectivity index (χ1n) is 43.1. The van der Waals surface area contributed by atoms with Crippen LogP contribution in [0, 0.1) is 50.2 Å².